The molecule has 0 saturated heterocycles. The maximum atomic E-state index is 12.3. The zero-order valence-electron chi connectivity index (χ0n) is 14.6. The van der Waals surface area contributed by atoms with Gasteiger partial charge in [0.15, 0.2) is 0 Å². The number of anilines is 1. The molecule has 0 unspecified atom stereocenters. The number of nitrogens with zero attached hydrogens (tertiary/aromatic N) is 1. The van der Waals surface area contributed by atoms with E-state index in [1.54, 1.807) is 36.4 Å². The molecule has 0 aliphatic rings. The van der Waals surface area contributed by atoms with Crippen LogP contribution in [-0.4, -0.2) is 17.0 Å². The van der Waals surface area contributed by atoms with Gasteiger partial charge in [0.25, 0.3) is 5.91 Å². The van der Waals surface area contributed by atoms with E-state index in [4.69, 9.17) is 32.7 Å². The minimum absolute atomic E-state index is 0.0537. The molecule has 1 aromatic heterocycles. The van der Waals surface area contributed by atoms with Crippen molar-refractivity contribution < 1.29 is 19.1 Å². The molecule has 0 bridgehead atoms. The Morgan fingerprint density at radius 2 is 1.79 bits per heavy atom. The van der Waals surface area contributed by atoms with E-state index in [1.807, 2.05) is 6.07 Å². The molecule has 3 rings (SSSR count). The molecule has 6 nitrogen and oxygen atoms in total. The van der Waals surface area contributed by atoms with E-state index in [-0.39, 0.29) is 16.9 Å². The molecular formula is C21H12Cl2N2O4. The third kappa shape index (κ3) is 4.85. The topological polar surface area (TPSA) is 103 Å². The van der Waals surface area contributed by atoms with Crippen molar-refractivity contribution in [2.24, 2.45) is 0 Å². The third-order valence-corrected chi connectivity index (χ3v) is 4.44. The van der Waals surface area contributed by atoms with Gasteiger partial charge in [-0.1, -0.05) is 23.2 Å². The Kier molecular flexibility index (Phi) is 6.03. The van der Waals surface area contributed by atoms with Crippen molar-refractivity contribution in [2.45, 2.75) is 0 Å². The van der Waals surface area contributed by atoms with E-state index in [0.717, 1.165) is 0 Å². The van der Waals surface area contributed by atoms with Crippen molar-refractivity contribution in [3.63, 3.8) is 0 Å². The quantitative estimate of drug-likeness (QED) is 0.414. The van der Waals surface area contributed by atoms with Crippen LogP contribution in [0, 0.1) is 11.3 Å². The summed E-state index contributed by atoms with van der Waals surface area (Å²) >= 11 is 11.9. The predicted molar refractivity (Wildman–Crippen MR) is 110 cm³/mol. The zero-order chi connectivity index (χ0) is 21.0. The standard InChI is InChI=1S/C21H12Cl2N2O4/c22-14-2-4-15(5-3-14)25-20(26)13(11-24)9-16-6-8-19(29-16)17-10-12(21(27)28)1-7-18(17)23/h1-10H,(H,25,26)(H,27,28)/b13-9+. The molecule has 0 radical (unpaired) electrons. The van der Waals surface area contributed by atoms with Crippen LogP contribution in [0.15, 0.2) is 64.6 Å². The van der Waals surface area contributed by atoms with Gasteiger partial charge in [-0.2, -0.15) is 5.26 Å². The number of carbonyl (C=O) groups is 2. The van der Waals surface area contributed by atoms with Crippen LogP contribution in [0.1, 0.15) is 16.1 Å². The van der Waals surface area contributed by atoms with E-state index in [0.29, 0.717) is 27.1 Å². The minimum Gasteiger partial charge on any atom is -0.478 e. The first-order chi connectivity index (χ1) is 13.9. The van der Waals surface area contributed by atoms with Gasteiger partial charge in [0.2, 0.25) is 0 Å². The molecule has 8 heteroatoms. The van der Waals surface area contributed by atoms with Crippen molar-refractivity contribution in [1.29, 1.82) is 5.26 Å². The van der Waals surface area contributed by atoms with Gasteiger partial charge >= 0.3 is 5.97 Å². The summed E-state index contributed by atoms with van der Waals surface area (Å²) in [7, 11) is 0. The lowest BCUT2D eigenvalue weighted by Gasteiger charge is -2.04. The second-order valence-electron chi connectivity index (χ2n) is 5.83. The summed E-state index contributed by atoms with van der Waals surface area (Å²) < 4.78 is 5.63. The van der Waals surface area contributed by atoms with Crippen LogP contribution in [0.3, 0.4) is 0 Å². The van der Waals surface area contributed by atoms with Crippen molar-refractivity contribution in [1.82, 2.24) is 0 Å². The monoisotopic (exact) mass is 426 g/mol. The Hall–Kier alpha value is -3.53. The lowest BCUT2D eigenvalue weighted by atomic mass is 10.1. The number of carbonyl (C=O) groups excluding carboxylic acids is 1. The molecule has 144 valence electrons. The number of hydrogen-bond acceptors (Lipinski definition) is 4. The molecule has 3 aromatic rings. The van der Waals surface area contributed by atoms with Crippen LogP contribution in [0.5, 0.6) is 0 Å². The van der Waals surface area contributed by atoms with Gasteiger partial charge in [-0.3, -0.25) is 4.79 Å². The smallest absolute Gasteiger partial charge is 0.335 e. The molecular weight excluding hydrogens is 415 g/mol. The van der Waals surface area contributed by atoms with Crippen LogP contribution in [0.25, 0.3) is 17.4 Å². The average molecular weight is 427 g/mol. The van der Waals surface area contributed by atoms with Gasteiger partial charge in [0, 0.05) is 22.3 Å². The first-order valence-electron chi connectivity index (χ1n) is 8.19. The fraction of sp³-hybridized carbons (Fsp3) is 0. The minimum atomic E-state index is -1.10. The number of hydrogen-bond donors (Lipinski definition) is 2. The number of benzene rings is 2. The molecule has 2 N–H and O–H groups in total. The van der Waals surface area contributed by atoms with E-state index in [1.165, 1.54) is 24.3 Å². The summed E-state index contributed by atoms with van der Waals surface area (Å²) in [6, 6.07) is 15.6. The van der Waals surface area contributed by atoms with Gasteiger partial charge in [0.05, 0.1) is 10.6 Å². The van der Waals surface area contributed by atoms with Crippen LogP contribution in [-0.2, 0) is 4.79 Å². The Labute approximate surface area is 175 Å². The van der Waals surface area contributed by atoms with Crippen LogP contribution < -0.4 is 5.32 Å². The van der Waals surface area contributed by atoms with Gasteiger partial charge in [-0.05, 0) is 54.6 Å². The van der Waals surface area contributed by atoms with Gasteiger partial charge in [-0.15, -0.1) is 0 Å². The molecule has 0 saturated carbocycles. The molecule has 2 aromatic carbocycles. The van der Waals surface area contributed by atoms with Crippen LogP contribution in [0.4, 0.5) is 5.69 Å². The number of furan rings is 1. The summed E-state index contributed by atoms with van der Waals surface area (Å²) in [5.41, 5.74) is 0.748. The lowest BCUT2D eigenvalue weighted by Crippen LogP contribution is -2.13. The highest BCUT2D eigenvalue weighted by Crippen LogP contribution is 2.31. The van der Waals surface area contributed by atoms with Gasteiger partial charge in [-0.25, -0.2) is 4.79 Å². The molecule has 1 heterocycles. The van der Waals surface area contributed by atoms with Gasteiger partial charge in [0.1, 0.15) is 23.2 Å². The first-order valence-corrected chi connectivity index (χ1v) is 8.95. The number of carboxylic acids is 1. The second kappa shape index (κ2) is 8.65. The number of nitrogens with one attached hydrogen (secondary N) is 1. The van der Waals surface area contributed by atoms with Crippen molar-refractivity contribution >= 4 is 46.8 Å². The summed E-state index contributed by atoms with van der Waals surface area (Å²) in [6.07, 6.45) is 1.28. The highest BCUT2D eigenvalue weighted by Gasteiger charge is 2.14. The number of nitriles is 1. The van der Waals surface area contributed by atoms with Crippen LogP contribution >= 0.6 is 23.2 Å². The fourth-order valence-electron chi connectivity index (χ4n) is 2.44. The van der Waals surface area contributed by atoms with E-state index in [9.17, 15) is 14.9 Å². The lowest BCUT2D eigenvalue weighted by molar-refractivity contribution is -0.112. The SMILES string of the molecule is N#C/C(=C\c1ccc(-c2cc(C(=O)O)ccc2Cl)o1)C(=O)Nc1ccc(Cl)cc1. The van der Waals surface area contributed by atoms with E-state index >= 15 is 0 Å². The van der Waals surface area contributed by atoms with Crippen LogP contribution in [0.2, 0.25) is 10.0 Å². The maximum Gasteiger partial charge on any atom is 0.335 e. The summed E-state index contributed by atoms with van der Waals surface area (Å²) in [5, 5.41) is 21.9. The normalized spacial score (nSPS) is 11.0. The molecule has 0 aliphatic heterocycles. The Bertz CT molecular complexity index is 1160. The zero-order valence-corrected chi connectivity index (χ0v) is 16.2. The molecule has 0 fully saturated rings. The van der Waals surface area contributed by atoms with Crippen molar-refractivity contribution in [3.05, 3.63) is 81.5 Å². The summed E-state index contributed by atoms with van der Waals surface area (Å²) in [5.74, 6) is -1.17. The summed E-state index contributed by atoms with van der Waals surface area (Å²) in [6.45, 7) is 0. The highest BCUT2D eigenvalue weighted by molar-refractivity contribution is 6.33. The average Bonchev–Trinajstić information content (AvgIpc) is 3.16. The number of carboxylic acid groups (broad SMARTS) is 1. The maximum absolute atomic E-state index is 12.3. The Morgan fingerprint density at radius 1 is 1.07 bits per heavy atom. The third-order valence-electron chi connectivity index (χ3n) is 3.86. The van der Waals surface area contributed by atoms with E-state index in [2.05, 4.69) is 5.32 Å². The van der Waals surface area contributed by atoms with Gasteiger partial charge < -0.3 is 14.8 Å². The number of amides is 1. The largest absolute Gasteiger partial charge is 0.478 e. The molecule has 0 atom stereocenters. The fourth-order valence-corrected chi connectivity index (χ4v) is 2.78. The van der Waals surface area contributed by atoms with Crippen molar-refractivity contribution in [3.8, 4) is 17.4 Å². The predicted octanol–water partition coefficient (Wildman–Crippen LogP) is 5.50. The number of rotatable bonds is 5. The highest BCUT2D eigenvalue weighted by atomic mass is 35.5. The first kappa shape index (κ1) is 20.2. The molecule has 0 aliphatic carbocycles. The Morgan fingerprint density at radius 3 is 2.45 bits per heavy atom. The van der Waals surface area contributed by atoms with Crippen molar-refractivity contribution in [2.75, 3.05) is 5.32 Å². The molecule has 1 amide bonds. The Balaban J connectivity index is 1.85. The number of aromatic carboxylic acids is 1. The second-order valence-corrected chi connectivity index (χ2v) is 6.68. The molecule has 0 spiro atoms. The number of halogens is 2. The molecule has 29 heavy (non-hydrogen) atoms. The summed E-state index contributed by atoms with van der Waals surface area (Å²) in [4.78, 5) is 23.5. The van der Waals surface area contributed by atoms with E-state index < -0.39 is 11.9 Å².